The molecule has 1 rings (SSSR count). The van der Waals surface area contributed by atoms with Crippen LogP contribution in [0.4, 0.5) is 0 Å². The van der Waals surface area contributed by atoms with Gasteiger partial charge in [0.25, 0.3) is 0 Å². The van der Waals surface area contributed by atoms with Crippen molar-refractivity contribution in [2.45, 2.75) is 51.4 Å². The minimum absolute atomic E-state index is 0.0534. The van der Waals surface area contributed by atoms with Crippen LogP contribution in [0.15, 0.2) is 0 Å². The van der Waals surface area contributed by atoms with E-state index in [1.165, 1.54) is 7.11 Å². The van der Waals surface area contributed by atoms with E-state index in [0.29, 0.717) is 5.92 Å². The average molecular weight is 259 g/mol. The van der Waals surface area contributed by atoms with E-state index in [2.05, 4.69) is 18.6 Å². The largest absolute Gasteiger partial charge is 0.467 e. The molecule has 0 heterocycles. The first kappa shape index (κ1) is 15.4. The third-order valence-electron chi connectivity index (χ3n) is 4.35. The quantitative estimate of drug-likeness (QED) is 0.633. The van der Waals surface area contributed by atoms with E-state index in [4.69, 9.17) is 5.73 Å². The minimum Gasteiger partial charge on any atom is -0.467 e. The summed E-state index contributed by atoms with van der Waals surface area (Å²) in [7, 11) is 1.24. The van der Waals surface area contributed by atoms with Crippen LogP contribution >= 0.6 is 0 Å². The van der Waals surface area contributed by atoms with E-state index in [1.54, 1.807) is 0 Å². The Morgan fingerprint density at radius 1 is 1.39 bits per heavy atom. The summed E-state index contributed by atoms with van der Waals surface area (Å²) in [6.07, 6.45) is -0.687. The summed E-state index contributed by atoms with van der Waals surface area (Å²) in [5.41, 5.74) is 4.40. The molecule has 5 atom stereocenters. The van der Waals surface area contributed by atoms with Gasteiger partial charge in [-0.05, 0) is 24.2 Å². The van der Waals surface area contributed by atoms with Gasteiger partial charge >= 0.3 is 5.97 Å². The van der Waals surface area contributed by atoms with Crippen molar-refractivity contribution in [1.82, 2.24) is 0 Å². The van der Waals surface area contributed by atoms with Crippen molar-refractivity contribution in [3.8, 4) is 0 Å². The zero-order valence-electron chi connectivity index (χ0n) is 11.6. The number of rotatable bonds is 3. The number of carbonyl (C=O) groups is 1. The predicted molar refractivity (Wildman–Crippen MR) is 67.7 cm³/mol. The van der Waals surface area contributed by atoms with E-state index >= 15 is 0 Å². The Labute approximate surface area is 108 Å². The number of ether oxygens (including phenoxy) is 1. The highest BCUT2D eigenvalue weighted by atomic mass is 16.5. The van der Waals surface area contributed by atoms with Gasteiger partial charge in [0.15, 0.2) is 5.60 Å². The molecule has 4 N–H and O–H groups in total. The second-order valence-electron chi connectivity index (χ2n) is 5.84. The number of aliphatic hydroxyl groups is 2. The molecular weight excluding hydrogens is 234 g/mol. The average Bonchev–Trinajstić information content (AvgIpc) is 2.31. The molecule has 0 radical (unpaired) electrons. The van der Waals surface area contributed by atoms with Gasteiger partial charge < -0.3 is 20.7 Å². The molecular formula is C13H25NO4. The maximum absolute atomic E-state index is 11.7. The monoisotopic (exact) mass is 259 g/mol. The molecule has 1 fully saturated rings. The number of hydrogen-bond acceptors (Lipinski definition) is 5. The zero-order chi connectivity index (χ0) is 14.1. The van der Waals surface area contributed by atoms with Crippen molar-refractivity contribution in [1.29, 1.82) is 0 Å². The van der Waals surface area contributed by atoms with Crippen LogP contribution in [0.2, 0.25) is 0 Å². The molecule has 18 heavy (non-hydrogen) atoms. The smallest absolute Gasteiger partial charge is 0.337 e. The van der Waals surface area contributed by atoms with E-state index < -0.39 is 23.7 Å². The lowest BCUT2D eigenvalue weighted by molar-refractivity contribution is -0.175. The summed E-state index contributed by atoms with van der Waals surface area (Å²) in [4.78, 5) is 11.7. The fourth-order valence-electron chi connectivity index (χ4n) is 2.76. The standard InChI is InChI=1S/C13H25NO4/c1-7(2)8(3)9-5-13(17,12(16)18-4)6-10(15)11(9)14/h7-11,15,17H,5-6,14H2,1-4H3. The maximum Gasteiger partial charge on any atom is 0.337 e. The molecule has 1 saturated carbocycles. The summed E-state index contributed by atoms with van der Waals surface area (Å²) < 4.78 is 4.62. The van der Waals surface area contributed by atoms with Crippen molar-refractivity contribution in [3.05, 3.63) is 0 Å². The number of methoxy groups -OCH3 is 1. The summed E-state index contributed by atoms with van der Waals surface area (Å²) in [5.74, 6) is -0.202. The Bertz CT molecular complexity index is 303. The van der Waals surface area contributed by atoms with Gasteiger partial charge in [-0.1, -0.05) is 20.8 Å². The van der Waals surface area contributed by atoms with Crippen LogP contribution in [0.3, 0.4) is 0 Å². The van der Waals surface area contributed by atoms with Gasteiger partial charge in [-0.2, -0.15) is 0 Å². The normalized spacial score (nSPS) is 38.6. The van der Waals surface area contributed by atoms with Gasteiger partial charge in [-0.3, -0.25) is 0 Å². The van der Waals surface area contributed by atoms with E-state index in [1.807, 2.05) is 6.92 Å². The molecule has 0 aromatic heterocycles. The summed E-state index contributed by atoms with van der Waals surface area (Å²) in [5, 5.41) is 20.3. The Morgan fingerprint density at radius 2 is 1.94 bits per heavy atom. The Kier molecular flexibility index (Phi) is 4.75. The second kappa shape index (κ2) is 5.55. The van der Waals surface area contributed by atoms with Crippen molar-refractivity contribution in [2.24, 2.45) is 23.5 Å². The highest BCUT2D eigenvalue weighted by Gasteiger charge is 2.50. The third kappa shape index (κ3) is 2.84. The van der Waals surface area contributed by atoms with Crippen LogP contribution in [0.1, 0.15) is 33.6 Å². The third-order valence-corrected chi connectivity index (χ3v) is 4.35. The minimum atomic E-state index is -1.61. The van der Waals surface area contributed by atoms with Crippen LogP contribution in [0.5, 0.6) is 0 Å². The van der Waals surface area contributed by atoms with Crippen molar-refractivity contribution >= 4 is 5.97 Å². The van der Waals surface area contributed by atoms with Crippen LogP contribution in [-0.4, -0.2) is 41.0 Å². The summed E-state index contributed by atoms with van der Waals surface area (Å²) in [6, 6.07) is -0.410. The summed E-state index contributed by atoms with van der Waals surface area (Å²) >= 11 is 0. The number of carbonyl (C=O) groups excluding carboxylic acids is 1. The van der Waals surface area contributed by atoms with Gasteiger partial charge in [-0.25, -0.2) is 4.79 Å². The predicted octanol–water partition coefficient (Wildman–Crippen LogP) is 0.281. The molecule has 0 aliphatic heterocycles. The fourth-order valence-corrected chi connectivity index (χ4v) is 2.76. The second-order valence-corrected chi connectivity index (χ2v) is 5.84. The molecule has 5 nitrogen and oxygen atoms in total. The van der Waals surface area contributed by atoms with E-state index in [0.717, 1.165) is 0 Å². The lowest BCUT2D eigenvalue weighted by Crippen LogP contribution is -2.58. The van der Waals surface area contributed by atoms with Crippen molar-refractivity contribution < 1.29 is 19.7 Å². The number of nitrogens with two attached hydrogens (primary N) is 1. The molecule has 5 heteroatoms. The van der Waals surface area contributed by atoms with E-state index in [9.17, 15) is 15.0 Å². The van der Waals surface area contributed by atoms with Crippen molar-refractivity contribution in [2.75, 3.05) is 7.11 Å². The molecule has 0 saturated heterocycles. The number of esters is 1. The van der Waals surface area contributed by atoms with E-state index in [-0.39, 0.29) is 24.7 Å². The fraction of sp³-hybridized carbons (Fsp3) is 0.923. The van der Waals surface area contributed by atoms with Gasteiger partial charge in [0.1, 0.15) is 0 Å². The van der Waals surface area contributed by atoms with Crippen LogP contribution in [-0.2, 0) is 9.53 Å². The molecule has 0 amide bonds. The van der Waals surface area contributed by atoms with Gasteiger partial charge in [0.2, 0.25) is 0 Å². The Morgan fingerprint density at radius 3 is 2.39 bits per heavy atom. The Balaban J connectivity index is 2.94. The first-order valence-electron chi connectivity index (χ1n) is 6.47. The molecule has 0 aromatic rings. The summed E-state index contributed by atoms with van der Waals surface area (Å²) in [6.45, 7) is 6.16. The number of hydrogen-bond donors (Lipinski definition) is 3. The van der Waals surface area contributed by atoms with Crippen LogP contribution < -0.4 is 5.73 Å². The number of aliphatic hydroxyl groups excluding tert-OH is 1. The first-order chi connectivity index (χ1) is 8.23. The zero-order valence-corrected chi connectivity index (χ0v) is 11.6. The molecule has 5 unspecified atom stereocenters. The molecule has 0 aromatic carbocycles. The van der Waals surface area contributed by atoms with Gasteiger partial charge in [-0.15, -0.1) is 0 Å². The topological polar surface area (TPSA) is 92.8 Å². The van der Waals surface area contributed by atoms with Crippen LogP contribution in [0.25, 0.3) is 0 Å². The Hall–Kier alpha value is -0.650. The lowest BCUT2D eigenvalue weighted by atomic mass is 9.67. The lowest BCUT2D eigenvalue weighted by Gasteiger charge is -2.44. The molecule has 0 spiro atoms. The van der Waals surface area contributed by atoms with Gasteiger partial charge in [0.05, 0.1) is 13.2 Å². The molecule has 1 aliphatic carbocycles. The first-order valence-corrected chi connectivity index (χ1v) is 6.47. The molecule has 0 bridgehead atoms. The SMILES string of the molecule is COC(=O)C1(O)CC(O)C(N)C(C(C)C(C)C)C1. The maximum atomic E-state index is 11.7. The molecule has 106 valence electrons. The highest BCUT2D eigenvalue weighted by Crippen LogP contribution is 2.39. The van der Waals surface area contributed by atoms with Gasteiger partial charge in [0, 0.05) is 12.5 Å². The van der Waals surface area contributed by atoms with Crippen LogP contribution in [0, 0.1) is 17.8 Å². The highest BCUT2D eigenvalue weighted by molar-refractivity contribution is 5.79. The van der Waals surface area contributed by atoms with Crippen molar-refractivity contribution in [3.63, 3.8) is 0 Å². The molecule has 1 aliphatic rings.